The van der Waals surface area contributed by atoms with Crippen molar-refractivity contribution in [1.82, 2.24) is 9.97 Å². The second kappa shape index (κ2) is 7.52. The third-order valence-corrected chi connectivity index (χ3v) is 2.77. The van der Waals surface area contributed by atoms with Gasteiger partial charge in [0, 0.05) is 6.54 Å². The van der Waals surface area contributed by atoms with Gasteiger partial charge in [-0.3, -0.25) is 0 Å². The number of methoxy groups -OCH3 is 2. The van der Waals surface area contributed by atoms with Crippen LogP contribution in [0.2, 0.25) is 0 Å². The maximum absolute atomic E-state index is 11.8. The van der Waals surface area contributed by atoms with Crippen molar-refractivity contribution < 1.29 is 14.3 Å². The highest BCUT2D eigenvalue weighted by Crippen LogP contribution is 2.30. The lowest BCUT2D eigenvalue weighted by Gasteiger charge is -2.22. The zero-order chi connectivity index (χ0) is 15.1. The number of rotatable bonds is 7. The van der Waals surface area contributed by atoms with Crippen LogP contribution in [-0.2, 0) is 9.53 Å². The third kappa shape index (κ3) is 3.72. The molecule has 0 radical (unpaired) electrons. The first-order chi connectivity index (χ1) is 9.54. The molecule has 0 spiro atoms. The number of hydrogen-bond acceptors (Lipinski definition) is 7. The minimum absolute atomic E-state index is 0.0460. The molecule has 0 fully saturated rings. The molecule has 20 heavy (non-hydrogen) atoms. The number of esters is 1. The standard InChI is InChI=1S/C13H22N4O3/c1-6-14-11-10(19-4)12(16-7-15-11)17-9(8(2)3)13(18)20-5/h7-9H,6H2,1-5H3,(H2,14,15,16,17). The first kappa shape index (κ1) is 16.0. The maximum Gasteiger partial charge on any atom is 0.328 e. The second-order valence-electron chi connectivity index (χ2n) is 4.52. The van der Waals surface area contributed by atoms with Gasteiger partial charge < -0.3 is 20.1 Å². The third-order valence-electron chi connectivity index (χ3n) is 2.77. The number of nitrogens with one attached hydrogen (secondary N) is 2. The molecule has 1 aromatic rings. The Morgan fingerprint density at radius 3 is 2.45 bits per heavy atom. The SMILES string of the molecule is CCNc1ncnc(NC(C(=O)OC)C(C)C)c1OC. The summed E-state index contributed by atoms with van der Waals surface area (Å²) in [7, 11) is 2.90. The van der Waals surface area contributed by atoms with Gasteiger partial charge in [-0.1, -0.05) is 13.8 Å². The number of aromatic nitrogens is 2. The van der Waals surface area contributed by atoms with Gasteiger partial charge in [0.05, 0.1) is 14.2 Å². The average molecular weight is 282 g/mol. The molecule has 0 bridgehead atoms. The zero-order valence-corrected chi connectivity index (χ0v) is 12.6. The van der Waals surface area contributed by atoms with Gasteiger partial charge in [0.2, 0.25) is 5.75 Å². The highest BCUT2D eigenvalue weighted by Gasteiger charge is 2.25. The van der Waals surface area contributed by atoms with E-state index in [1.165, 1.54) is 20.5 Å². The lowest BCUT2D eigenvalue weighted by molar-refractivity contribution is -0.142. The van der Waals surface area contributed by atoms with Crippen molar-refractivity contribution in [2.45, 2.75) is 26.8 Å². The van der Waals surface area contributed by atoms with Crippen molar-refractivity contribution in [3.63, 3.8) is 0 Å². The molecular weight excluding hydrogens is 260 g/mol. The molecule has 0 aromatic carbocycles. The predicted octanol–water partition coefficient (Wildman–Crippen LogP) is 1.53. The molecule has 7 heteroatoms. The molecule has 0 aliphatic rings. The van der Waals surface area contributed by atoms with E-state index >= 15 is 0 Å². The topological polar surface area (TPSA) is 85.4 Å². The fourth-order valence-corrected chi connectivity index (χ4v) is 1.74. The van der Waals surface area contributed by atoms with Crippen molar-refractivity contribution in [3.05, 3.63) is 6.33 Å². The molecule has 1 unspecified atom stereocenters. The Kier molecular flexibility index (Phi) is 6.02. The van der Waals surface area contributed by atoms with Crippen LogP contribution in [0.1, 0.15) is 20.8 Å². The Morgan fingerprint density at radius 1 is 1.30 bits per heavy atom. The monoisotopic (exact) mass is 282 g/mol. The van der Waals surface area contributed by atoms with Crippen LogP contribution in [0.3, 0.4) is 0 Å². The number of carbonyl (C=O) groups excluding carboxylic acids is 1. The molecule has 0 aliphatic heterocycles. The van der Waals surface area contributed by atoms with Gasteiger partial charge in [-0.15, -0.1) is 0 Å². The van der Waals surface area contributed by atoms with Crippen LogP contribution < -0.4 is 15.4 Å². The zero-order valence-electron chi connectivity index (χ0n) is 12.6. The minimum Gasteiger partial charge on any atom is -0.490 e. The summed E-state index contributed by atoms with van der Waals surface area (Å²) in [4.78, 5) is 20.0. The minimum atomic E-state index is -0.502. The Balaban J connectivity index is 3.06. The molecule has 0 aliphatic carbocycles. The van der Waals surface area contributed by atoms with Gasteiger partial charge in [0.15, 0.2) is 11.6 Å². The van der Waals surface area contributed by atoms with E-state index in [-0.39, 0.29) is 11.9 Å². The summed E-state index contributed by atoms with van der Waals surface area (Å²) in [6.07, 6.45) is 1.41. The molecule has 2 N–H and O–H groups in total. The lowest BCUT2D eigenvalue weighted by atomic mass is 10.0. The largest absolute Gasteiger partial charge is 0.490 e. The van der Waals surface area contributed by atoms with E-state index in [1.807, 2.05) is 20.8 Å². The van der Waals surface area contributed by atoms with Gasteiger partial charge in [-0.2, -0.15) is 0 Å². The van der Waals surface area contributed by atoms with E-state index in [1.54, 1.807) is 0 Å². The normalized spacial score (nSPS) is 11.9. The quantitative estimate of drug-likeness (QED) is 0.733. The fourth-order valence-electron chi connectivity index (χ4n) is 1.74. The summed E-state index contributed by atoms with van der Waals surface area (Å²) < 4.78 is 10.1. The summed E-state index contributed by atoms with van der Waals surface area (Å²) in [5.74, 6) is 1.22. The van der Waals surface area contributed by atoms with Crippen molar-refractivity contribution in [1.29, 1.82) is 0 Å². The van der Waals surface area contributed by atoms with E-state index in [9.17, 15) is 4.79 Å². The van der Waals surface area contributed by atoms with E-state index in [0.717, 1.165) is 0 Å². The molecule has 0 saturated heterocycles. The molecule has 1 rings (SSSR count). The Labute approximate surface area is 119 Å². The fraction of sp³-hybridized carbons (Fsp3) is 0.615. The molecule has 1 heterocycles. The van der Waals surface area contributed by atoms with Gasteiger partial charge >= 0.3 is 5.97 Å². The number of carbonyl (C=O) groups is 1. The highest BCUT2D eigenvalue weighted by atomic mass is 16.5. The van der Waals surface area contributed by atoms with Crippen molar-refractivity contribution in [3.8, 4) is 5.75 Å². The van der Waals surface area contributed by atoms with Crippen LogP contribution in [0.4, 0.5) is 11.6 Å². The van der Waals surface area contributed by atoms with Crippen molar-refractivity contribution in [2.24, 2.45) is 5.92 Å². The number of ether oxygens (including phenoxy) is 2. The molecule has 1 atom stereocenters. The molecule has 0 saturated carbocycles. The first-order valence-corrected chi connectivity index (χ1v) is 6.52. The summed E-state index contributed by atoms with van der Waals surface area (Å²) >= 11 is 0. The van der Waals surface area contributed by atoms with Gasteiger partial charge in [-0.25, -0.2) is 14.8 Å². The number of nitrogens with zero attached hydrogens (tertiary/aromatic N) is 2. The van der Waals surface area contributed by atoms with Crippen LogP contribution in [0.25, 0.3) is 0 Å². The summed E-state index contributed by atoms with van der Waals surface area (Å²) in [6.45, 7) is 6.51. The number of hydrogen-bond donors (Lipinski definition) is 2. The molecule has 0 amide bonds. The van der Waals surface area contributed by atoms with Crippen LogP contribution >= 0.6 is 0 Å². The average Bonchev–Trinajstić information content (AvgIpc) is 2.44. The smallest absolute Gasteiger partial charge is 0.328 e. The molecular formula is C13H22N4O3. The second-order valence-corrected chi connectivity index (χ2v) is 4.52. The molecule has 112 valence electrons. The first-order valence-electron chi connectivity index (χ1n) is 6.52. The Hall–Kier alpha value is -2.05. The summed E-state index contributed by atoms with van der Waals surface area (Å²) in [6, 6.07) is -0.502. The Bertz CT molecular complexity index is 451. The van der Waals surface area contributed by atoms with Crippen LogP contribution in [-0.4, -0.2) is 42.7 Å². The van der Waals surface area contributed by atoms with Gasteiger partial charge in [-0.05, 0) is 12.8 Å². The predicted molar refractivity (Wildman–Crippen MR) is 77.0 cm³/mol. The van der Waals surface area contributed by atoms with E-state index in [4.69, 9.17) is 9.47 Å². The highest BCUT2D eigenvalue weighted by molar-refractivity contribution is 5.80. The van der Waals surface area contributed by atoms with E-state index < -0.39 is 6.04 Å². The van der Waals surface area contributed by atoms with E-state index in [2.05, 4.69) is 20.6 Å². The summed E-state index contributed by atoms with van der Waals surface area (Å²) in [5, 5.41) is 6.14. The summed E-state index contributed by atoms with van der Waals surface area (Å²) in [5.41, 5.74) is 0. The maximum atomic E-state index is 11.8. The molecule has 7 nitrogen and oxygen atoms in total. The van der Waals surface area contributed by atoms with Gasteiger partial charge in [0.25, 0.3) is 0 Å². The van der Waals surface area contributed by atoms with Crippen LogP contribution in [0.5, 0.6) is 5.75 Å². The van der Waals surface area contributed by atoms with Crippen molar-refractivity contribution in [2.75, 3.05) is 31.4 Å². The van der Waals surface area contributed by atoms with Crippen LogP contribution in [0, 0.1) is 5.92 Å². The lowest BCUT2D eigenvalue weighted by Crippen LogP contribution is -2.36. The van der Waals surface area contributed by atoms with Crippen molar-refractivity contribution >= 4 is 17.6 Å². The molecule has 1 aromatic heterocycles. The number of anilines is 2. The Morgan fingerprint density at radius 2 is 1.95 bits per heavy atom. The van der Waals surface area contributed by atoms with Gasteiger partial charge in [0.1, 0.15) is 12.4 Å². The van der Waals surface area contributed by atoms with E-state index in [0.29, 0.717) is 23.9 Å². The van der Waals surface area contributed by atoms with Crippen LogP contribution in [0.15, 0.2) is 6.33 Å².